The fraction of sp³-hybridized carbons (Fsp3) is 0.485. The number of ether oxygens (including phenoxy) is 2. The van der Waals surface area contributed by atoms with Crippen LogP contribution in [-0.2, 0) is 25.5 Å². The number of carboxylic acid groups (broad SMARTS) is 1. The first-order valence-corrected chi connectivity index (χ1v) is 15.0. The SMILES string of the molecule is CC(Cc1c[nH]c2ccccc12)(NC(=O)OC1C2CC3CC(C2)CC1C3)C(=O)NCC(OCC(=O)O)c1ccccc1. The highest BCUT2D eigenvalue weighted by molar-refractivity contribution is 5.91. The first kappa shape index (κ1) is 28.3. The molecule has 9 heteroatoms. The van der Waals surface area contributed by atoms with Crippen molar-refractivity contribution in [2.75, 3.05) is 13.2 Å². The summed E-state index contributed by atoms with van der Waals surface area (Å²) >= 11 is 0. The van der Waals surface area contributed by atoms with Gasteiger partial charge in [-0.15, -0.1) is 0 Å². The van der Waals surface area contributed by atoms with E-state index in [2.05, 4.69) is 15.6 Å². The van der Waals surface area contributed by atoms with Crippen LogP contribution in [0.4, 0.5) is 4.79 Å². The second-order valence-corrected chi connectivity index (χ2v) is 12.6. The monoisotopic (exact) mass is 573 g/mol. The number of hydrogen-bond acceptors (Lipinski definition) is 5. The highest BCUT2D eigenvalue weighted by atomic mass is 16.6. The molecule has 7 rings (SSSR count). The minimum absolute atomic E-state index is 0.0336. The summed E-state index contributed by atoms with van der Waals surface area (Å²) in [5.74, 6) is 0.816. The molecule has 2 aromatic carbocycles. The minimum atomic E-state index is -1.35. The first-order valence-electron chi connectivity index (χ1n) is 15.0. The zero-order valence-electron chi connectivity index (χ0n) is 23.9. The number of carbonyl (C=O) groups is 3. The van der Waals surface area contributed by atoms with Crippen LogP contribution in [0.5, 0.6) is 0 Å². The smallest absolute Gasteiger partial charge is 0.408 e. The first-order chi connectivity index (χ1) is 20.3. The molecule has 222 valence electrons. The summed E-state index contributed by atoms with van der Waals surface area (Å²) in [6.07, 6.45) is 6.53. The van der Waals surface area contributed by atoms with Crippen LogP contribution in [0.25, 0.3) is 10.9 Å². The van der Waals surface area contributed by atoms with Gasteiger partial charge >= 0.3 is 12.1 Å². The summed E-state index contributed by atoms with van der Waals surface area (Å²) in [6, 6.07) is 17.0. The lowest BCUT2D eigenvalue weighted by atomic mass is 9.55. The number of H-pyrrole nitrogens is 1. The van der Waals surface area contributed by atoms with Gasteiger partial charge in [-0.25, -0.2) is 9.59 Å². The average molecular weight is 574 g/mol. The molecule has 1 heterocycles. The molecule has 4 saturated carbocycles. The molecule has 2 atom stereocenters. The van der Waals surface area contributed by atoms with Crippen LogP contribution >= 0.6 is 0 Å². The van der Waals surface area contributed by atoms with E-state index in [0.717, 1.165) is 59.5 Å². The van der Waals surface area contributed by atoms with E-state index in [0.29, 0.717) is 11.8 Å². The molecular weight excluding hydrogens is 534 g/mol. The lowest BCUT2D eigenvalue weighted by Crippen LogP contribution is -2.60. The molecule has 9 nitrogen and oxygen atoms in total. The number of amides is 2. The number of aromatic nitrogens is 1. The number of carbonyl (C=O) groups excluding carboxylic acids is 2. The van der Waals surface area contributed by atoms with Gasteiger partial charge in [0.15, 0.2) is 0 Å². The van der Waals surface area contributed by atoms with Crippen LogP contribution in [0.3, 0.4) is 0 Å². The van der Waals surface area contributed by atoms with Crippen LogP contribution in [0.1, 0.15) is 56.3 Å². The summed E-state index contributed by atoms with van der Waals surface area (Å²) in [6.45, 7) is 1.24. The molecule has 4 aliphatic carbocycles. The third-order valence-corrected chi connectivity index (χ3v) is 9.51. The molecule has 4 fully saturated rings. The van der Waals surface area contributed by atoms with E-state index in [1.54, 1.807) is 6.92 Å². The molecule has 0 aliphatic heterocycles. The topological polar surface area (TPSA) is 130 Å². The van der Waals surface area contributed by atoms with Gasteiger partial charge in [0.05, 0.1) is 0 Å². The van der Waals surface area contributed by atoms with Gasteiger partial charge in [-0.1, -0.05) is 48.5 Å². The Bertz CT molecular complexity index is 1410. The zero-order valence-corrected chi connectivity index (χ0v) is 23.9. The Morgan fingerprint density at radius 1 is 0.976 bits per heavy atom. The molecule has 2 unspecified atom stereocenters. The average Bonchev–Trinajstić information content (AvgIpc) is 3.37. The van der Waals surface area contributed by atoms with Gasteiger partial charge in [-0.05, 0) is 79.9 Å². The summed E-state index contributed by atoms with van der Waals surface area (Å²) in [5.41, 5.74) is 1.23. The number of hydrogen-bond donors (Lipinski definition) is 4. The number of fused-ring (bicyclic) bond motifs is 1. The van der Waals surface area contributed by atoms with Crippen LogP contribution in [0, 0.1) is 23.7 Å². The van der Waals surface area contributed by atoms with E-state index in [-0.39, 0.29) is 19.1 Å². The summed E-state index contributed by atoms with van der Waals surface area (Å²) in [7, 11) is 0. The minimum Gasteiger partial charge on any atom is -0.480 e. The highest BCUT2D eigenvalue weighted by Gasteiger charge is 2.50. The van der Waals surface area contributed by atoms with Crippen molar-refractivity contribution < 1.29 is 29.0 Å². The quantitative estimate of drug-likeness (QED) is 0.256. The largest absolute Gasteiger partial charge is 0.480 e. The second-order valence-electron chi connectivity index (χ2n) is 12.6. The van der Waals surface area contributed by atoms with Crippen molar-refractivity contribution in [1.82, 2.24) is 15.6 Å². The van der Waals surface area contributed by atoms with Crippen LogP contribution in [0.2, 0.25) is 0 Å². The lowest BCUT2D eigenvalue weighted by Gasteiger charge is -2.53. The van der Waals surface area contributed by atoms with Crippen molar-refractivity contribution in [3.8, 4) is 0 Å². The van der Waals surface area contributed by atoms with Crippen molar-refractivity contribution >= 4 is 28.9 Å². The Kier molecular flexibility index (Phi) is 7.94. The molecule has 4 bridgehead atoms. The number of benzene rings is 2. The number of carboxylic acids is 1. The second kappa shape index (κ2) is 11.8. The summed E-state index contributed by atoms with van der Waals surface area (Å²) in [5, 5.41) is 16.0. The van der Waals surface area contributed by atoms with Crippen molar-refractivity contribution in [2.24, 2.45) is 23.7 Å². The Labute approximate surface area is 245 Å². The van der Waals surface area contributed by atoms with E-state index in [9.17, 15) is 19.5 Å². The maximum atomic E-state index is 13.9. The Balaban J connectivity index is 1.20. The van der Waals surface area contributed by atoms with Gasteiger partial charge in [-0.2, -0.15) is 0 Å². The molecule has 4 N–H and O–H groups in total. The fourth-order valence-corrected chi connectivity index (χ4v) is 7.78. The van der Waals surface area contributed by atoms with Crippen LogP contribution < -0.4 is 10.6 Å². The van der Waals surface area contributed by atoms with Gasteiger partial charge in [0.1, 0.15) is 24.4 Å². The van der Waals surface area contributed by atoms with E-state index in [1.807, 2.05) is 60.8 Å². The maximum Gasteiger partial charge on any atom is 0.408 e. The lowest BCUT2D eigenvalue weighted by molar-refractivity contribution is -0.144. The number of nitrogens with one attached hydrogen (secondary N) is 3. The van der Waals surface area contributed by atoms with Gasteiger partial charge in [-0.3, -0.25) is 4.79 Å². The van der Waals surface area contributed by atoms with Gasteiger partial charge < -0.3 is 30.2 Å². The molecule has 0 radical (unpaired) electrons. The highest BCUT2D eigenvalue weighted by Crippen LogP contribution is 2.54. The van der Waals surface area contributed by atoms with E-state index >= 15 is 0 Å². The van der Waals surface area contributed by atoms with Crippen molar-refractivity contribution in [3.63, 3.8) is 0 Å². The number of alkyl carbamates (subject to hydrolysis) is 1. The summed E-state index contributed by atoms with van der Waals surface area (Å²) < 4.78 is 11.7. The zero-order chi connectivity index (χ0) is 29.3. The van der Waals surface area contributed by atoms with Gasteiger partial charge in [0.2, 0.25) is 5.91 Å². The molecule has 0 saturated heterocycles. The van der Waals surface area contributed by atoms with E-state index in [4.69, 9.17) is 9.47 Å². The molecule has 0 spiro atoms. The van der Waals surface area contributed by atoms with Crippen molar-refractivity contribution in [2.45, 2.75) is 63.2 Å². The molecule has 4 aliphatic rings. The van der Waals surface area contributed by atoms with E-state index in [1.165, 1.54) is 6.42 Å². The molecule has 3 aromatic rings. The maximum absolute atomic E-state index is 13.9. The van der Waals surface area contributed by atoms with Crippen molar-refractivity contribution in [1.29, 1.82) is 0 Å². The standard InChI is InChI=1S/C33H39N3O6/c1-33(16-25-17-34-27-10-6-5-9-26(25)27,31(39)35-18-28(41-19-29(37)38)22-7-3-2-4-8-22)36-32(40)42-30-23-12-20-11-21(14-23)15-24(30)13-20/h2-10,17,20-21,23-24,28,30,34H,11-16,18-19H2,1H3,(H,35,39)(H,36,40)(H,37,38). The fourth-order valence-electron chi connectivity index (χ4n) is 7.78. The van der Waals surface area contributed by atoms with Crippen molar-refractivity contribution in [3.05, 3.63) is 71.9 Å². The Morgan fingerprint density at radius 3 is 2.33 bits per heavy atom. The van der Waals surface area contributed by atoms with Crippen LogP contribution in [0.15, 0.2) is 60.8 Å². The summed E-state index contributed by atoms with van der Waals surface area (Å²) in [4.78, 5) is 41.9. The predicted molar refractivity (Wildman–Crippen MR) is 157 cm³/mol. The number of aromatic amines is 1. The molecular formula is C33H39N3O6. The number of aliphatic carboxylic acids is 1. The van der Waals surface area contributed by atoms with Gasteiger partial charge in [0, 0.05) is 30.1 Å². The van der Waals surface area contributed by atoms with E-state index < -0.39 is 36.2 Å². The molecule has 2 amide bonds. The van der Waals surface area contributed by atoms with Crippen LogP contribution in [-0.4, -0.2) is 52.9 Å². The molecule has 1 aromatic heterocycles. The normalized spacial score (nSPS) is 26.4. The predicted octanol–water partition coefficient (Wildman–Crippen LogP) is 4.98. The third-order valence-electron chi connectivity index (χ3n) is 9.51. The molecule has 42 heavy (non-hydrogen) atoms. The van der Waals surface area contributed by atoms with Gasteiger partial charge in [0.25, 0.3) is 0 Å². The Hall–Kier alpha value is -3.85. The number of rotatable bonds is 11. The Morgan fingerprint density at radius 2 is 1.64 bits per heavy atom. The third kappa shape index (κ3) is 6.02. The number of para-hydroxylation sites is 1.